The second kappa shape index (κ2) is 8.13. The number of hydrogen-bond acceptors (Lipinski definition) is 4. The van der Waals surface area contributed by atoms with Crippen LogP contribution in [0, 0.1) is 0 Å². The van der Waals surface area contributed by atoms with E-state index in [-0.39, 0.29) is 17.4 Å². The third-order valence-electron chi connectivity index (χ3n) is 6.63. The van der Waals surface area contributed by atoms with Crippen LogP contribution in [-0.4, -0.2) is 57.5 Å². The number of nitrogens with zero attached hydrogens (tertiary/aromatic N) is 4. The van der Waals surface area contributed by atoms with Gasteiger partial charge >= 0.3 is 0 Å². The van der Waals surface area contributed by atoms with E-state index in [0.717, 1.165) is 56.8 Å². The van der Waals surface area contributed by atoms with Crippen molar-refractivity contribution in [1.82, 2.24) is 19.4 Å². The van der Waals surface area contributed by atoms with Crippen LogP contribution in [0.3, 0.4) is 0 Å². The van der Waals surface area contributed by atoms with Gasteiger partial charge in [0.05, 0.1) is 12.2 Å². The average molecular weight is 373 g/mol. The SMILES string of the molecule is C[C@H]1CCCCN1CC(=O)N1CC[C@@H](c2cc(=O)n3c(n2)CCCCC3)C1. The molecule has 27 heavy (non-hydrogen) atoms. The van der Waals surface area contributed by atoms with Crippen LogP contribution < -0.4 is 5.56 Å². The number of aromatic nitrogens is 2. The van der Waals surface area contributed by atoms with Crippen LogP contribution in [0.1, 0.15) is 69.3 Å². The lowest BCUT2D eigenvalue weighted by molar-refractivity contribution is -0.132. The lowest BCUT2D eigenvalue weighted by atomic mass is 10.0. The average Bonchev–Trinajstić information content (AvgIpc) is 3.03. The van der Waals surface area contributed by atoms with Gasteiger partial charge < -0.3 is 4.90 Å². The van der Waals surface area contributed by atoms with E-state index in [0.29, 0.717) is 19.1 Å². The van der Waals surface area contributed by atoms with E-state index < -0.39 is 0 Å². The van der Waals surface area contributed by atoms with Crippen LogP contribution in [0.4, 0.5) is 0 Å². The number of aryl methyl sites for hydroxylation is 1. The minimum Gasteiger partial charge on any atom is -0.341 e. The molecule has 2 atom stereocenters. The Bertz CT molecular complexity index is 744. The summed E-state index contributed by atoms with van der Waals surface area (Å²) in [5, 5.41) is 0. The molecule has 6 heteroatoms. The number of rotatable bonds is 3. The zero-order valence-corrected chi connectivity index (χ0v) is 16.5. The molecule has 3 aliphatic heterocycles. The lowest BCUT2D eigenvalue weighted by Gasteiger charge is -2.33. The Kier molecular flexibility index (Phi) is 5.62. The molecule has 0 unspecified atom stereocenters. The van der Waals surface area contributed by atoms with Crippen molar-refractivity contribution in [2.75, 3.05) is 26.2 Å². The molecule has 1 aromatic heterocycles. The maximum absolute atomic E-state index is 12.8. The molecule has 0 N–H and O–H groups in total. The van der Waals surface area contributed by atoms with Crippen molar-refractivity contribution in [3.8, 4) is 0 Å². The Morgan fingerprint density at radius 3 is 2.81 bits per heavy atom. The number of fused-ring (bicyclic) bond motifs is 1. The van der Waals surface area contributed by atoms with E-state index in [4.69, 9.17) is 4.98 Å². The fourth-order valence-electron chi connectivity index (χ4n) is 4.84. The van der Waals surface area contributed by atoms with Gasteiger partial charge in [-0.2, -0.15) is 0 Å². The first-order valence-corrected chi connectivity index (χ1v) is 10.7. The van der Waals surface area contributed by atoms with Crippen molar-refractivity contribution in [3.05, 3.63) is 27.9 Å². The Labute approximate surface area is 161 Å². The van der Waals surface area contributed by atoms with Crippen molar-refractivity contribution in [1.29, 1.82) is 0 Å². The second-order valence-electron chi connectivity index (χ2n) is 8.54. The monoisotopic (exact) mass is 372 g/mol. The van der Waals surface area contributed by atoms with E-state index >= 15 is 0 Å². The summed E-state index contributed by atoms with van der Waals surface area (Å²) in [5.74, 6) is 1.38. The van der Waals surface area contributed by atoms with Gasteiger partial charge in [0, 0.05) is 44.1 Å². The fourth-order valence-corrected chi connectivity index (χ4v) is 4.84. The molecular formula is C21H32N4O2. The quantitative estimate of drug-likeness (QED) is 0.816. The van der Waals surface area contributed by atoms with E-state index in [1.165, 1.54) is 25.7 Å². The highest BCUT2D eigenvalue weighted by Crippen LogP contribution is 2.26. The number of likely N-dealkylation sites (tertiary alicyclic amines) is 2. The minimum absolute atomic E-state index is 0.0869. The third-order valence-corrected chi connectivity index (χ3v) is 6.63. The highest BCUT2D eigenvalue weighted by Gasteiger charge is 2.31. The molecular weight excluding hydrogens is 340 g/mol. The van der Waals surface area contributed by atoms with Crippen LogP contribution in [0.15, 0.2) is 10.9 Å². The first kappa shape index (κ1) is 18.7. The number of carbonyl (C=O) groups excluding carboxylic acids is 1. The Balaban J connectivity index is 1.42. The van der Waals surface area contributed by atoms with Crippen LogP contribution in [0.5, 0.6) is 0 Å². The standard InChI is InChI=1S/C21H32N4O2/c1-16-7-4-6-10-23(16)15-21(27)24-12-9-17(14-24)18-13-20(26)25-11-5-2-3-8-19(25)22-18/h13,16-17H,2-12,14-15H2,1H3/t16-,17+/m0/s1. The van der Waals surface area contributed by atoms with Gasteiger partial charge in [-0.25, -0.2) is 4.98 Å². The van der Waals surface area contributed by atoms with Gasteiger partial charge in [0.1, 0.15) is 5.82 Å². The summed E-state index contributed by atoms with van der Waals surface area (Å²) in [6, 6.07) is 2.23. The molecule has 0 radical (unpaired) electrons. The van der Waals surface area contributed by atoms with Crippen LogP contribution in [0.25, 0.3) is 0 Å². The van der Waals surface area contributed by atoms with Crippen molar-refractivity contribution in [2.24, 2.45) is 0 Å². The molecule has 0 aromatic carbocycles. The Morgan fingerprint density at radius 2 is 1.96 bits per heavy atom. The summed E-state index contributed by atoms with van der Waals surface area (Å²) in [7, 11) is 0. The summed E-state index contributed by atoms with van der Waals surface area (Å²) in [4.78, 5) is 34.5. The lowest BCUT2D eigenvalue weighted by Crippen LogP contribution is -2.45. The maximum atomic E-state index is 12.8. The molecule has 2 saturated heterocycles. The molecule has 4 rings (SSSR count). The third kappa shape index (κ3) is 4.10. The molecule has 1 amide bonds. The molecule has 148 valence electrons. The van der Waals surface area contributed by atoms with Crippen molar-refractivity contribution in [3.63, 3.8) is 0 Å². The van der Waals surface area contributed by atoms with Crippen molar-refractivity contribution < 1.29 is 4.79 Å². The largest absolute Gasteiger partial charge is 0.341 e. The molecule has 1 aromatic rings. The molecule has 0 aliphatic carbocycles. The molecule has 0 bridgehead atoms. The molecule has 2 fully saturated rings. The van der Waals surface area contributed by atoms with E-state index in [9.17, 15) is 9.59 Å². The minimum atomic E-state index is 0.0869. The van der Waals surface area contributed by atoms with Gasteiger partial charge in [-0.05, 0) is 45.6 Å². The molecule has 3 aliphatic rings. The van der Waals surface area contributed by atoms with Gasteiger partial charge in [-0.15, -0.1) is 0 Å². The Hall–Kier alpha value is -1.69. The smallest absolute Gasteiger partial charge is 0.253 e. The second-order valence-corrected chi connectivity index (χ2v) is 8.54. The number of carbonyl (C=O) groups is 1. The summed E-state index contributed by atoms with van der Waals surface area (Å²) in [6.07, 6.45) is 8.81. The van der Waals surface area contributed by atoms with E-state index in [2.05, 4.69) is 11.8 Å². The van der Waals surface area contributed by atoms with Crippen LogP contribution >= 0.6 is 0 Å². The molecule has 0 spiro atoms. The number of piperidine rings is 1. The molecule has 4 heterocycles. The zero-order valence-electron chi connectivity index (χ0n) is 16.5. The van der Waals surface area contributed by atoms with Crippen molar-refractivity contribution >= 4 is 5.91 Å². The summed E-state index contributed by atoms with van der Waals surface area (Å²) in [5.41, 5.74) is 0.985. The first-order valence-electron chi connectivity index (χ1n) is 10.7. The van der Waals surface area contributed by atoms with Gasteiger partial charge in [0.15, 0.2) is 0 Å². The van der Waals surface area contributed by atoms with Gasteiger partial charge in [0.25, 0.3) is 5.56 Å². The number of hydrogen-bond donors (Lipinski definition) is 0. The van der Waals surface area contributed by atoms with E-state index in [1.54, 1.807) is 6.07 Å². The van der Waals surface area contributed by atoms with Gasteiger partial charge in [0.2, 0.25) is 5.91 Å². The highest BCUT2D eigenvalue weighted by atomic mass is 16.2. The topological polar surface area (TPSA) is 58.4 Å². The Morgan fingerprint density at radius 1 is 1.11 bits per heavy atom. The van der Waals surface area contributed by atoms with Gasteiger partial charge in [-0.1, -0.05) is 12.8 Å². The zero-order chi connectivity index (χ0) is 18.8. The summed E-state index contributed by atoms with van der Waals surface area (Å²) >= 11 is 0. The predicted octanol–water partition coefficient (Wildman–Crippen LogP) is 2.16. The predicted molar refractivity (Wildman–Crippen MR) is 105 cm³/mol. The van der Waals surface area contributed by atoms with Gasteiger partial charge in [-0.3, -0.25) is 19.1 Å². The normalized spacial score (nSPS) is 26.6. The van der Waals surface area contributed by atoms with Crippen molar-refractivity contribution in [2.45, 2.75) is 76.8 Å². The van der Waals surface area contributed by atoms with Crippen LogP contribution in [0.2, 0.25) is 0 Å². The van der Waals surface area contributed by atoms with E-state index in [1.807, 2.05) is 9.47 Å². The molecule has 0 saturated carbocycles. The highest BCUT2D eigenvalue weighted by molar-refractivity contribution is 5.78. The molecule has 6 nitrogen and oxygen atoms in total. The maximum Gasteiger partial charge on any atom is 0.253 e. The fraction of sp³-hybridized carbons (Fsp3) is 0.762. The number of amides is 1. The first-order chi connectivity index (χ1) is 13.1. The summed E-state index contributed by atoms with van der Waals surface area (Å²) in [6.45, 7) is 6.08. The summed E-state index contributed by atoms with van der Waals surface area (Å²) < 4.78 is 1.85. The van der Waals surface area contributed by atoms with Crippen LogP contribution in [-0.2, 0) is 17.8 Å².